The lowest BCUT2D eigenvalue weighted by atomic mass is 11.3. The molecule has 0 heterocycles. The Morgan fingerprint density at radius 1 is 2.00 bits per heavy atom. The lowest BCUT2D eigenvalue weighted by Gasteiger charge is -2.08. The maximum atomic E-state index is 9.64. The second-order valence-electron chi connectivity index (χ2n) is 0.909. The van der Waals surface area contributed by atoms with Crippen LogP contribution in [-0.2, 0) is 9.09 Å². The standard InChI is InChI=1S/C2H4NO4P/c1-3-2-7-8(4,5)6/h1H,2H2,(H-,4,5,6). The van der Waals surface area contributed by atoms with Crippen LogP contribution in [0.15, 0.2) is 0 Å². The van der Waals surface area contributed by atoms with Gasteiger partial charge in [-0.1, -0.05) is 4.85 Å². The summed E-state index contributed by atoms with van der Waals surface area (Å²) in [5.41, 5.74) is 0. The van der Waals surface area contributed by atoms with Crippen molar-refractivity contribution in [2.45, 2.75) is 0 Å². The van der Waals surface area contributed by atoms with Crippen LogP contribution in [0.3, 0.4) is 0 Å². The van der Waals surface area contributed by atoms with Crippen LogP contribution >= 0.6 is 7.82 Å². The highest BCUT2D eigenvalue weighted by molar-refractivity contribution is 7.44. The molecule has 0 saturated carbocycles. The summed E-state index contributed by atoms with van der Waals surface area (Å²) in [6.07, 6.45) is 0. The summed E-state index contributed by atoms with van der Waals surface area (Å²) in [6.45, 7) is 3.92. The highest BCUT2D eigenvalue weighted by Gasteiger charge is 2.02. The van der Waals surface area contributed by atoms with E-state index in [1.165, 1.54) is 0 Å². The number of hydrogen-bond acceptors (Lipinski definition) is 3. The first kappa shape index (κ1) is 7.60. The molecular formula is C2H4NO4P. The largest absolute Gasteiger partial charge is 0.756 e. The SMILES string of the molecule is C#[N+]COP(=O)([O-])O. The number of phosphoric ester groups is 1. The minimum Gasteiger partial charge on any atom is -0.756 e. The zero-order valence-electron chi connectivity index (χ0n) is 3.85. The summed E-state index contributed by atoms with van der Waals surface area (Å²) >= 11 is 0. The van der Waals surface area contributed by atoms with Gasteiger partial charge >= 0.3 is 6.73 Å². The fourth-order valence-corrected chi connectivity index (χ4v) is 0.319. The van der Waals surface area contributed by atoms with Crippen LogP contribution in [0.25, 0.3) is 4.85 Å². The summed E-state index contributed by atoms with van der Waals surface area (Å²) in [6, 6.07) is 0. The van der Waals surface area contributed by atoms with Crippen molar-refractivity contribution in [1.82, 2.24) is 0 Å². The Morgan fingerprint density at radius 2 is 2.50 bits per heavy atom. The molecule has 1 atom stereocenters. The number of rotatable bonds is 2. The van der Waals surface area contributed by atoms with Gasteiger partial charge < -0.3 is 9.79 Å². The molecule has 6 heteroatoms. The van der Waals surface area contributed by atoms with E-state index in [1.54, 1.807) is 0 Å². The van der Waals surface area contributed by atoms with Gasteiger partial charge in [0, 0.05) is 0 Å². The van der Waals surface area contributed by atoms with E-state index in [1.807, 2.05) is 0 Å². The summed E-state index contributed by atoms with van der Waals surface area (Å²) in [5.74, 6) is 0. The van der Waals surface area contributed by atoms with E-state index in [-0.39, 0.29) is 0 Å². The van der Waals surface area contributed by atoms with E-state index in [0.29, 0.717) is 0 Å². The molecule has 0 aliphatic carbocycles. The van der Waals surface area contributed by atoms with Gasteiger partial charge in [-0.25, -0.2) is 4.52 Å². The average molecular weight is 137 g/mol. The van der Waals surface area contributed by atoms with Crippen LogP contribution in [0.2, 0.25) is 0 Å². The number of nitrogens with zero attached hydrogens (tertiary/aromatic N) is 1. The molecule has 46 valence electrons. The first-order chi connectivity index (χ1) is 3.56. The zero-order valence-corrected chi connectivity index (χ0v) is 4.75. The average Bonchev–Trinajstić information content (AvgIpc) is 1.59. The van der Waals surface area contributed by atoms with Gasteiger partial charge in [0.25, 0.3) is 14.4 Å². The Morgan fingerprint density at radius 3 is 2.62 bits per heavy atom. The van der Waals surface area contributed by atoms with E-state index < -0.39 is 14.6 Å². The van der Waals surface area contributed by atoms with Gasteiger partial charge in [-0.05, 0) is 0 Å². The van der Waals surface area contributed by atoms with Crippen LogP contribution in [0.4, 0.5) is 0 Å². The maximum absolute atomic E-state index is 9.64. The molecule has 0 aromatic heterocycles. The molecule has 0 aromatic carbocycles. The van der Waals surface area contributed by atoms with Gasteiger partial charge in [0.2, 0.25) is 0 Å². The monoisotopic (exact) mass is 137 g/mol. The fourth-order valence-electron chi connectivity index (χ4n) is 0.106. The number of hydrogen-bond donors (Lipinski definition) is 1. The van der Waals surface area contributed by atoms with Crippen LogP contribution in [0, 0.1) is 6.57 Å². The van der Waals surface area contributed by atoms with Crippen LogP contribution in [0.1, 0.15) is 0 Å². The van der Waals surface area contributed by atoms with E-state index in [4.69, 9.17) is 4.89 Å². The lowest BCUT2D eigenvalue weighted by Crippen LogP contribution is -2.02. The van der Waals surface area contributed by atoms with Crippen molar-refractivity contribution in [2.24, 2.45) is 0 Å². The van der Waals surface area contributed by atoms with Crippen molar-refractivity contribution >= 4 is 7.82 Å². The van der Waals surface area contributed by atoms with Crippen molar-refractivity contribution < 1.29 is 18.9 Å². The molecule has 0 radical (unpaired) electrons. The second kappa shape index (κ2) is 2.80. The van der Waals surface area contributed by atoms with Crippen molar-refractivity contribution in [2.75, 3.05) is 6.73 Å². The van der Waals surface area contributed by atoms with E-state index in [0.717, 1.165) is 0 Å². The highest BCUT2D eigenvalue weighted by Crippen LogP contribution is 2.29. The molecule has 0 aliphatic heterocycles. The normalized spacial score (nSPS) is 16.6. The predicted octanol–water partition coefficient (Wildman–Crippen LogP) is -0.616. The molecule has 0 aromatic rings. The first-order valence-corrected chi connectivity index (χ1v) is 3.11. The van der Waals surface area contributed by atoms with Gasteiger partial charge in [-0.3, -0.25) is 4.57 Å². The van der Waals surface area contributed by atoms with Crippen LogP contribution in [0.5, 0.6) is 0 Å². The molecular weight excluding hydrogens is 133 g/mol. The molecule has 0 saturated heterocycles. The molecule has 8 heavy (non-hydrogen) atoms. The Bertz CT molecular complexity index is 143. The van der Waals surface area contributed by atoms with Crippen molar-refractivity contribution in [3.63, 3.8) is 0 Å². The highest BCUT2D eigenvalue weighted by atomic mass is 31.2. The molecule has 0 aliphatic rings. The van der Waals surface area contributed by atoms with Crippen LogP contribution < -0.4 is 4.89 Å². The van der Waals surface area contributed by atoms with Crippen LogP contribution in [-0.4, -0.2) is 11.6 Å². The van der Waals surface area contributed by atoms with Crippen molar-refractivity contribution in [1.29, 1.82) is 0 Å². The summed E-state index contributed by atoms with van der Waals surface area (Å²) in [4.78, 5) is 20.2. The second-order valence-corrected chi connectivity index (χ2v) is 2.10. The lowest BCUT2D eigenvalue weighted by molar-refractivity contribution is -0.218. The van der Waals surface area contributed by atoms with Gasteiger partial charge in [0.15, 0.2) is 0 Å². The van der Waals surface area contributed by atoms with E-state index in [9.17, 15) is 9.46 Å². The molecule has 1 unspecified atom stereocenters. The Kier molecular flexibility index (Phi) is 2.66. The Labute approximate surface area is 46.0 Å². The fraction of sp³-hybridized carbons (Fsp3) is 0.500. The summed E-state index contributed by atoms with van der Waals surface area (Å²) < 4.78 is 13.3. The number of phosphoric acid groups is 1. The third-order valence-corrected chi connectivity index (χ3v) is 0.737. The van der Waals surface area contributed by atoms with E-state index >= 15 is 0 Å². The summed E-state index contributed by atoms with van der Waals surface area (Å²) in [7, 11) is -4.61. The molecule has 0 rings (SSSR count). The zero-order chi connectivity index (χ0) is 6.62. The molecule has 0 spiro atoms. The van der Waals surface area contributed by atoms with Gasteiger partial charge in [-0.15, -0.1) is 0 Å². The maximum Gasteiger partial charge on any atom is 0.373 e. The van der Waals surface area contributed by atoms with Crippen molar-refractivity contribution in [3.05, 3.63) is 4.85 Å². The predicted molar refractivity (Wildman–Crippen MR) is 24.1 cm³/mol. The van der Waals surface area contributed by atoms with Gasteiger partial charge in [-0.2, -0.15) is 0 Å². The third kappa shape index (κ3) is 5.60. The summed E-state index contributed by atoms with van der Waals surface area (Å²) in [5, 5.41) is 0. The smallest absolute Gasteiger partial charge is 0.373 e. The third-order valence-electron chi connectivity index (χ3n) is 0.295. The van der Waals surface area contributed by atoms with Gasteiger partial charge in [0.05, 0.1) is 0 Å². The Hall–Kier alpha value is -0.400. The Balaban J connectivity index is 3.45. The minimum absolute atomic E-state index is 0.544. The molecule has 0 amide bonds. The van der Waals surface area contributed by atoms with Crippen molar-refractivity contribution in [3.8, 4) is 6.57 Å². The molecule has 1 N–H and O–H groups in total. The quantitative estimate of drug-likeness (QED) is 0.515. The van der Waals surface area contributed by atoms with Gasteiger partial charge in [0.1, 0.15) is 0 Å². The molecule has 0 bridgehead atoms. The first-order valence-electron chi connectivity index (χ1n) is 1.61. The topological polar surface area (TPSA) is 74.0 Å². The molecule has 0 fully saturated rings. The van der Waals surface area contributed by atoms with E-state index in [2.05, 4.69) is 15.9 Å². The molecule has 5 nitrogen and oxygen atoms in total. The minimum atomic E-state index is -4.61.